The fourth-order valence-corrected chi connectivity index (χ4v) is 4.72. The van der Waals surface area contributed by atoms with Crippen molar-refractivity contribution >= 4 is 0 Å². The Morgan fingerprint density at radius 3 is 2.83 bits per heavy atom. The van der Waals surface area contributed by atoms with Crippen LogP contribution in [0.4, 0.5) is 4.39 Å². The lowest BCUT2D eigenvalue weighted by Gasteiger charge is -2.55. The third kappa shape index (κ3) is 1.49. The zero-order valence-corrected chi connectivity index (χ0v) is 11.5. The van der Waals surface area contributed by atoms with Crippen molar-refractivity contribution in [3.63, 3.8) is 0 Å². The van der Waals surface area contributed by atoms with Crippen molar-refractivity contribution in [2.24, 2.45) is 11.8 Å². The molecule has 18 heavy (non-hydrogen) atoms. The van der Waals surface area contributed by atoms with Gasteiger partial charge in [0.15, 0.2) is 0 Å². The smallest absolute Gasteiger partial charge is 0.123 e. The van der Waals surface area contributed by atoms with Gasteiger partial charge in [-0.3, -0.25) is 0 Å². The van der Waals surface area contributed by atoms with Crippen molar-refractivity contribution < 1.29 is 4.39 Å². The lowest BCUT2D eigenvalue weighted by molar-refractivity contribution is 0.0158. The minimum atomic E-state index is -0.0490. The van der Waals surface area contributed by atoms with E-state index in [2.05, 4.69) is 13.8 Å². The second-order valence-electron chi connectivity index (χ2n) is 6.17. The Hall–Kier alpha value is -0.850. The van der Waals surface area contributed by atoms with Gasteiger partial charge in [-0.05, 0) is 60.8 Å². The fourth-order valence-electron chi connectivity index (χ4n) is 4.72. The summed E-state index contributed by atoms with van der Waals surface area (Å²) >= 11 is 0. The number of aryl methyl sites for hydroxylation is 1. The highest BCUT2D eigenvalue weighted by Crippen LogP contribution is 2.62. The summed E-state index contributed by atoms with van der Waals surface area (Å²) in [7, 11) is 0. The highest BCUT2D eigenvalue weighted by Gasteiger charge is 2.56. The van der Waals surface area contributed by atoms with E-state index in [4.69, 9.17) is 0 Å². The largest absolute Gasteiger partial charge is 0.207 e. The molecule has 2 aliphatic carbocycles. The molecule has 3 atom stereocenters. The molecular formula is C17H23F. The lowest BCUT2D eigenvalue weighted by Crippen LogP contribution is -2.51. The maximum atomic E-state index is 13.6. The van der Waals surface area contributed by atoms with Crippen molar-refractivity contribution in [1.82, 2.24) is 0 Å². The minimum absolute atomic E-state index is 0.0490. The summed E-state index contributed by atoms with van der Waals surface area (Å²) in [5, 5.41) is 0. The number of halogens is 1. The second kappa shape index (κ2) is 4.36. The number of hydrogen-bond donors (Lipinski definition) is 0. The van der Waals surface area contributed by atoms with Gasteiger partial charge in [-0.15, -0.1) is 0 Å². The summed E-state index contributed by atoms with van der Waals surface area (Å²) in [6.45, 7) is 4.57. The Morgan fingerprint density at radius 2 is 2.11 bits per heavy atom. The van der Waals surface area contributed by atoms with Gasteiger partial charge in [-0.1, -0.05) is 32.8 Å². The lowest BCUT2D eigenvalue weighted by atomic mass is 9.48. The van der Waals surface area contributed by atoms with Crippen LogP contribution < -0.4 is 0 Å². The number of hydrogen-bond acceptors (Lipinski definition) is 0. The minimum Gasteiger partial charge on any atom is -0.207 e. The molecule has 0 saturated heterocycles. The van der Waals surface area contributed by atoms with E-state index < -0.39 is 0 Å². The van der Waals surface area contributed by atoms with Crippen LogP contribution >= 0.6 is 0 Å². The zero-order valence-electron chi connectivity index (χ0n) is 11.5. The van der Waals surface area contributed by atoms with Crippen molar-refractivity contribution in [3.05, 3.63) is 35.1 Å². The van der Waals surface area contributed by atoms with Crippen LogP contribution in [0.5, 0.6) is 0 Å². The average molecular weight is 246 g/mol. The monoisotopic (exact) mass is 246 g/mol. The Morgan fingerprint density at radius 1 is 1.28 bits per heavy atom. The topological polar surface area (TPSA) is 0 Å². The number of rotatable bonds is 3. The van der Waals surface area contributed by atoms with Gasteiger partial charge >= 0.3 is 0 Å². The van der Waals surface area contributed by atoms with Gasteiger partial charge < -0.3 is 0 Å². The van der Waals surface area contributed by atoms with Gasteiger partial charge in [0.2, 0.25) is 0 Å². The molecule has 0 N–H and O–H groups in total. The molecule has 1 fully saturated rings. The first-order valence-corrected chi connectivity index (χ1v) is 7.51. The molecule has 0 aromatic heterocycles. The van der Waals surface area contributed by atoms with Crippen molar-refractivity contribution in [2.75, 3.05) is 0 Å². The first-order valence-electron chi connectivity index (χ1n) is 7.51. The van der Waals surface area contributed by atoms with Gasteiger partial charge in [0.25, 0.3) is 0 Å². The Labute approximate surface area is 110 Å². The van der Waals surface area contributed by atoms with Gasteiger partial charge in [0.05, 0.1) is 0 Å². The summed E-state index contributed by atoms with van der Waals surface area (Å²) in [6, 6.07) is 5.49. The van der Waals surface area contributed by atoms with Gasteiger partial charge in [0.1, 0.15) is 5.82 Å². The van der Waals surface area contributed by atoms with Crippen LogP contribution in [0, 0.1) is 17.7 Å². The molecule has 1 spiro atoms. The molecule has 2 aliphatic rings. The van der Waals surface area contributed by atoms with Crippen LogP contribution in [0.2, 0.25) is 0 Å². The molecule has 0 amide bonds. The van der Waals surface area contributed by atoms with E-state index in [0.717, 1.165) is 18.3 Å². The normalized spacial score (nSPS) is 33.5. The molecule has 1 aromatic rings. The van der Waals surface area contributed by atoms with E-state index in [1.807, 2.05) is 12.1 Å². The van der Waals surface area contributed by atoms with E-state index in [0.29, 0.717) is 5.41 Å². The molecule has 0 bridgehead atoms. The predicted molar refractivity (Wildman–Crippen MR) is 73.2 cm³/mol. The molecule has 0 nitrogen and oxygen atoms in total. The van der Waals surface area contributed by atoms with Gasteiger partial charge in [-0.2, -0.15) is 0 Å². The first-order chi connectivity index (χ1) is 8.72. The van der Waals surface area contributed by atoms with E-state index >= 15 is 0 Å². The molecule has 1 heteroatoms. The van der Waals surface area contributed by atoms with Gasteiger partial charge in [0, 0.05) is 5.41 Å². The molecule has 0 aliphatic heterocycles. The van der Waals surface area contributed by atoms with Crippen LogP contribution in [0.1, 0.15) is 57.1 Å². The third-order valence-electron chi connectivity index (χ3n) is 5.54. The summed E-state index contributed by atoms with van der Waals surface area (Å²) in [5.74, 6) is 1.54. The highest BCUT2D eigenvalue weighted by atomic mass is 19.1. The van der Waals surface area contributed by atoms with E-state index in [-0.39, 0.29) is 5.82 Å². The first kappa shape index (κ1) is 12.2. The summed E-state index contributed by atoms with van der Waals surface area (Å²) in [4.78, 5) is 0. The third-order valence-corrected chi connectivity index (χ3v) is 5.54. The van der Waals surface area contributed by atoms with E-state index in [1.165, 1.54) is 43.2 Å². The van der Waals surface area contributed by atoms with Crippen molar-refractivity contribution in [2.45, 2.75) is 57.8 Å². The molecule has 3 rings (SSSR count). The maximum absolute atomic E-state index is 13.6. The van der Waals surface area contributed by atoms with Crippen molar-refractivity contribution in [1.29, 1.82) is 0 Å². The Bertz CT molecular complexity index is 451. The van der Waals surface area contributed by atoms with Crippen molar-refractivity contribution in [3.8, 4) is 0 Å². The molecule has 3 unspecified atom stereocenters. The molecular weight excluding hydrogens is 223 g/mol. The molecule has 0 heterocycles. The second-order valence-corrected chi connectivity index (χ2v) is 6.17. The van der Waals surface area contributed by atoms with E-state index in [9.17, 15) is 4.39 Å². The average Bonchev–Trinajstić information content (AvgIpc) is 2.75. The quantitative estimate of drug-likeness (QED) is 0.714. The van der Waals surface area contributed by atoms with Crippen LogP contribution in [-0.4, -0.2) is 0 Å². The van der Waals surface area contributed by atoms with Crippen LogP contribution in [-0.2, 0) is 11.8 Å². The van der Waals surface area contributed by atoms with Crippen LogP contribution in [0.15, 0.2) is 18.2 Å². The SMILES string of the molecule is CCCC1CC(CC)C12CCc1ccc(F)cc12. The molecule has 0 radical (unpaired) electrons. The number of fused-ring (bicyclic) bond motifs is 2. The van der Waals surface area contributed by atoms with Gasteiger partial charge in [-0.25, -0.2) is 4.39 Å². The summed E-state index contributed by atoms with van der Waals surface area (Å²) in [5.41, 5.74) is 3.11. The molecule has 98 valence electrons. The Balaban J connectivity index is 2.02. The summed E-state index contributed by atoms with van der Waals surface area (Å²) in [6.07, 6.45) is 7.59. The fraction of sp³-hybridized carbons (Fsp3) is 0.647. The van der Waals surface area contributed by atoms with Crippen LogP contribution in [0.25, 0.3) is 0 Å². The zero-order chi connectivity index (χ0) is 12.8. The predicted octanol–water partition coefficient (Wildman–Crippen LogP) is 4.86. The summed E-state index contributed by atoms with van der Waals surface area (Å²) < 4.78 is 13.6. The molecule has 1 saturated carbocycles. The number of benzene rings is 1. The molecule has 1 aromatic carbocycles. The highest BCUT2D eigenvalue weighted by molar-refractivity contribution is 5.43. The van der Waals surface area contributed by atoms with E-state index in [1.54, 1.807) is 6.07 Å². The maximum Gasteiger partial charge on any atom is 0.123 e. The van der Waals surface area contributed by atoms with Crippen LogP contribution in [0.3, 0.4) is 0 Å². The Kier molecular flexibility index (Phi) is 2.96. The standard InChI is InChI=1S/C17H23F/c1-3-5-14-10-13(4-2)17(14)9-8-12-6-7-15(18)11-16(12)17/h6-7,11,13-14H,3-5,8-10H2,1-2H3.